The highest BCUT2D eigenvalue weighted by molar-refractivity contribution is 9.10. The SMILES string of the molecule is O=C(NN1C(=O)/C(=C\c2ccc(O)c(Br)c2)SC1=S)c1ccccc1. The number of carbonyl (C=O) groups excluding carboxylic acids is 2. The third-order valence-corrected chi connectivity index (χ3v) is 5.25. The van der Waals surface area contributed by atoms with Gasteiger partial charge in [-0.05, 0) is 64.1 Å². The molecule has 2 N–H and O–H groups in total. The van der Waals surface area contributed by atoms with Crippen molar-refractivity contribution in [2.24, 2.45) is 0 Å². The summed E-state index contributed by atoms with van der Waals surface area (Å²) in [4.78, 5) is 25.1. The summed E-state index contributed by atoms with van der Waals surface area (Å²) in [7, 11) is 0. The molecule has 25 heavy (non-hydrogen) atoms. The topological polar surface area (TPSA) is 69.6 Å². The van der Waals surface area contributed by atoms with E-state index >= 15 is 0 Å². The first-order valence-corrected chi connectivity index (χ1v) is 9.10. The largest absolute Gasteiger partial charge is 0.507 e. The first kappa shape index (κ1) is 17.7. The molecule has 0 bridgehead atoms. The Labute approximate surface area is 161 Å². The average Bonchev–Trinajstić information content (AvgIpc) is 2.86. The van der Waals surface area contributed by atoms with Crippen LogP contribution in [0.4, 0.5) is 0 Å². The number of benzene rings is 2. The van der Waals surface area contributed by atoms with Crippen molar-refractivity contribution in [3.8, 4) is 5.75 Å². The van der Waals surface area contributed by atoms with Gasteiger partial charge in [-0.25, -0.2) is 0 Å². The molecule has 8 heteroatoms. The van der Waals surface area contributed by atoms with Gasteiger partial charge >= 0.3 is 0 Å². The van der Waals surface area contributed by atoms with E-state index in [9.17, 15) is 14.7 Å². The summed E-state index contributed by atoms with van der Waals surface area (Å²) in [6.07, 6.45) is 1.65. The number of amides is 2. The molecule has 0 atom stereocenters. The molecule has 0 spiro atoms. The van der Waals surface area contributed by atoms with E-state index in [4.69, 9.17) is 12.2 Å². The van der Waals surface area contributed by atoms with Crippen LogP contribution in [0.1, 0.15) is 15.9 Å². The van der Waals surface area contributed by atoms with Crippen molar-refractivity contribution in [1.82, 2.24) is 10.4 Å². The molecule has 2 aromatic rings. The molecule has 0 saturated carbocycles. The number of aromatic hydroxyl groups is 1. The number of hydrogen-bond acceptors (Lipinski definition) is 5. The Bertz CT molecular complexity index is 900. The van der Waals surface area contributed by atoms with Crippen molar-refractivity contribution < 1.29 is 14.7 Å². The van der Waals surface area contributed by atoms with Gasteiger partial charge in [0.05, 0.1) is 9.38 Å². The van der Waals surface area contributed by atoms with Crippen molar-refractivity contribution in [3.05, 3.63) is 69.0 Å². The Kier molecular flexibility index (Phi) is 5.22. The summed E-state index contributed by atoms with van der Waals surface area (Å²) in [5.41, 5.74) is 3.68. The lowest BCUT2D eigenvalue weighted by atomic mass is 10.2. The summed E-state index contributed by atoms with van der Waals surface area (Å²) in [5, 5.41) is 10.6. The van der Waals surface area contributed by atoms with Crippen LogP contribution in [-0.4, -0.2) is 26.3 Å². The number of phenols is 1. The van der Waals surface area contributed by atoms with Crippen LogP contribution in [0.3, 0.4) is 0 Å². The molecule has 126 valence electrons. The molecule has 2 amide bonds. The number of thiocarbonyl (C=S) groups is 1. The van der Waals surface area contributed by atoms with Gasteiger partial charge in [0.2, 0.25) is 0 Å². The monoisotopic (exact) mass is 434 g/mol. The number of hydrazine groups is 1. The summed E-state index contributed by atoms with van der Waals surface area (Å²) in [5.74, 6) is -0.700. The zero-order valence-corrected chi connectivity index (χ0v) is 15.8. The third kappa shape index (κ3) is 3.92. The number of carbonyl (C=O) groups is 2. The van der Waals surface area contributed by atoms with E-state index in [0.29, 0.717) is 14.9 Å². The summed E-state index contributed by atoms with van der Waals surface area (Å²) < 4.78 is 0.771. The van der Waals surface area contributed by atoms with Gasteiger partial charge in [-0.1, -0.05) is 36.0 Å². The van der Waals surface area contributed by atoms with Gasteiger partial charge in [-0.15, -0.1) is 0 Å². The summed E-state index contributed by atoms with van der Waals surface area (Å²) in [6, 6.07) is 13.5. The standard InChI is InChI=1S/C17H11BrN2O3S2/c18-12-8-10(6-7-13(12)21)9-14-16(23)20(17(24)25-14)19-15(22)11-4-2-1-3-5-11/h1-9,21H,(H,19,22)/b14-9+. The van der Waals surface area contributed by atoms with Crippen LogP contribution in [0.5, 0.6) is 5.75 Å². The molecule has 1 aliphatic rings. The molecule has 0 aliphatic carbocycles. The number of thioether (sulfide) groups is 1. The maximum Gasteiger partial charge on any atom is 0.285 e. The van der Waals surface area contributed by atoms with Crippen LogP contribution < -0.4 is 5.43 Å². The van der Waals surface area contributed by atoms with Gasteiger partial charge < -0.3 is 5.11 Å². The van der Waals surface area contributed by atoms with E-state index < -0.39 is 11.8 Å². The van der Waals surface area contributed by atoms with Gasteiger partial charge in [-0.3, -0.25) is 15.0 Å². The van der Waals surface area contributed by atoms with Crippen LogP contribution in [0.25, 0.3) is 6.08 Å². The van der Waals surface area contributed by atoms with Gasteiger partial charge in [0.1, 0.15) is 5.75 Å². The Morgan fingerprint density at radius 2 is 1.96 bits per heavy atom. The number of halogens is 1. The van der Waals surface area contributed by atoms with Crippen molar-refractivity contribution in [3.63, 3.8) is 0 Å². The molecule has 0 unspecified atom stereocenters. The predicted molar refractivity (Wildman–Crippen MR) is 105 cm³/mol. The molecule has 1 aliphatic heterocycles. The first-order chi connectivity index (χ1) is 12.0. The number of nitrogens with zero attached hydrogens (tertiary/aromatic N) is 1. The quantitative estimate of drug-likeness (QED) is 0.569. The number of phenolic OH excluding ortho intramolecular Hbond substituents is 1. The number of hydrogen-bond donors (Lipinski definition) is 2. The minimum absolute atomic E-state index is 0.111. The van der Waals surface area contributed by atoms with Gasteiger partial charge in [0.25, 0.3) is 11.8 Å². The molecular formula is C17H11BrN2O3S2. The fraction of sp³-hybridized carbons (Fsp3) is 0. The lowest BCUT2D eigenvalue weighted by Crippen LogP contribution is -2.44. The Balaban J connectivity index is 1.79. The normalized spacial score (nSPS) is 15.7. The van der Waals surface area contributed by atoms with Gasteiger partial charge in [-0.2, -0.15) is 5.01 Å². The molecule has 2 aromatic carbocycles. The molecule has 0 radical (unpaired) electrons. The Morgan fingerprint density at radius 3 is 2.64 bits per heavy atom. The van der Waals surface area contributed by atoms with E-state index in [1.54, 1.807) is 48.5 Å². The predicted octanol–water partition coefficient (Wildman–Crippen LogP) is 3.70. The van der Waals surface area contributed by atoms with E-state index in [1.165, 1.54) is 6.07 Å². The van der Waals surface area contributed by atoms with Gasteiger partial charge in [0.15, 0.2) is 4.32 Å². The Hall–Kier alpha value is -2.16. The molecule has 1 saturated heterocycles. The lowest BCUT2D eigenvalue weighted by molar-refractivity contribution is -0.123. The lowest BCUT2D eigenvalue weighted by Gasteiger charge is -2.15. The van der Waals surface area contributed by atoms with E-state index in [2.05, 4.69) is 21.4 Å². The van der Waals surface area contributed by atoms with Crippen LogP contribution in [-0.2, 0) is 4.79 Å². The van der Waals surface area contributed by atoms with Crippen LogP contribution in [0.2, 0.25) is 0 Å². The Morgan fingerprint density at radius 1 is 1.24 bits per heavy atom. The van der Waals surface area contributed by atoms with Crippen LogP contribution in [0, 0.1) is 0 Å². The van der Waals surface area contributed by atoms with Crippen LogP contribution in [0.15, 0.2) is 57.9 Å². The van der Waals surface area contributed by atoms with Crippen molar-refractivity contribution in [2.75, 3.05) is 0 Å². The second-order valence-corrected chi connectivity index (χ2v) is 7.57. The minimum atomic E-state index is -0.412. The average molecular weight is 435 g/mol. The van der Waals surface area contributed by atoms with Crippen LogP contribution >= 0.6 is 39.9 Å². The van der Waals surface area contributed by atoms with Crippen molar-refractivity contribution in [1.29, 1.82) is 0 Å². The van der Waals surface area contributed by atoms with Crippen molar-refractivity contribution in [2.45, 2.75) is 0 Å². The first-order valence-electron chi connectivity index (χ1n) is 7.08. The van der Waals surface area contributed by atoms with E-state index in [0.717, 1.165) is 22.3 Å². The maximum absolute atomic E-state index is 12.5. The van der Waals surface area contributed by atoms with Crippen molar-refractivity contribution >= 4 is 62.1 Å². The third-order valence-electron chi connectivity index (χ3n) is 3.31. The second kappa shape index (κ2) is 7.38. The van der Waals surface area contributed by atoms with E-state index in [1.807, 2.05) is 0 Å². The zero-order chi connectivity index (χ0) is 18.0. The molecule has 1 heterocycles. The van der Waals surface area contributed by atoms with Gasteiger partial charge in [0, 0.05) is 5.56 Å². The summed E-state index contributed by atoms with van der Waals surface area (Å²) >= 11 is 9.52. The molecular weight excluding hydrogens is 424 g/mol. The fourth-order valence-electron chi connectivity index (χ4n) is 2.08. The highest BCUT2D eigenvalue weighted by atomic mass is 79.9. The fourth-order valence-corrected chi connectivity index (χ4v) is 3.66. The molecule has 3 rings (SSSR count). The maximum atomic E-state index is 12.5. The molecule has 0 aromatic heterocycles. The van der Waals surface area contributed by atoms with E-state index in [-0.39, 0.29) is 10.1 Å². The highest BCUT2D eigenvalue weighted by Crippen LogP contribution is 2.33. The second-order valence-electron chi connectivity index (χ2n) is 5.03. The number of nitrogens with one attached hydrogen (secondary N) is 1. The molecule has 5 nitrogen and oxygen atoms in total. The summed E-state index contributed by atoms with van der Waals surface area (Å²) in [6.45, 7) is 0. The smallest absolute Gasteiger partial charge is 0.285 e. The highest BCUT2D eigenvalue weighted by Gasteiger charge is 2.33. The zero-order valence-electron chi connectivity index (χ0n) is 12.6. The minimum Gasteiger partial charge on any atom is -0.507 e. The molecule has 1 fully saturated rings. The number of rotatable bonds is 3.